The van der Waals surface area contributed by atoms with Gasteiger partial charge in [0.15, 0.2) is 6.61 Å². The van der Waals surface area contributed by atoms with Crippen molar-refractivity contribution in [1.82, 2.24) is 5.32 Å². The number of nitrogen functional groups attached to an aromatic ring is 1. The third-order valence-electron chi connectivity index (χ3n) is 4.46. The minimum atomic E-state index is -0.846. The monoisotopic (exact) mass is 393 g/mol. The first kappa shape index (κ1) is 19.8. The number of hydrogen-bond donors (Lipinski definition) is 2. The van der Waals surface area contributed by atoms with Crippen LogP contribution in [0.2, 0.25) is 0 Å². The molecule has 3 aromatic rings. The lowest BCUT2D eigenvalue weighted by atomic mass is 10.00. The molecule has 0 spiro atoms. The van der Waals surface area contributed by atoms with E-state index in [4.69, 9.17) is 10.5 Å². The number of nitrogens with one attached hydrogen (secondary N) is 1. The molecule has 148 valence electrons. The van der Waals surface area contributed by atoms with Gasteiger partial charge in [0.1, 0.15) is 5.69 Å². The maximum absolute atomic E-state index is 12.2. The summed E-state index contributed by atoms with van der Waals surface area (Å²) in [5.41, 5.74) is 5.93. The smallest absolute Gasteiger partial charge is 0.338 e. The van der Waals surface area contributed by atoms with Crippen molar-refractivity contribution in [2.24, 2.45) is 0 Å². The average Bonchev–Trinajstić information content (AvgIpc) is 2.71. The van der Waals surface area contributed by atoms with Crippen LogP contribution in [0, 0.1) is 10.1 Å². The summed E-state index contributed by atoms with van der Waals surface area (Å²) in [5, 5.41) is 15.8. The third-order valence-corrected chi connectivity index (χ3v) is 4.46. The highest BCUT2D eigenvalue weighted by atomic mass is 16.6. The zero-order valence-electron chi connectivity index (χ0n) is 15.6. The second-order valence-corrected chi connectivity index (χ2v) is 6.46. The van der Waals surface area contributed by atoms with Crippen LogP contribution >= 0.6 is 0 Å². The van der Waals surface area contributed by atoms with Gasteiger partial charge in [-0.15, -0.1) is 0 Å². The van der Waals surface area contributed by atoms with Crippen molar-refractivity contribution < 1.29 is 19.2 Å². The number of benzene rings is 3. The lowest BCUT2D eigenvalue weighted by Gasteiger charge is -2.16. The molecule has 3 rings (SSSR count). The topological polar surface area (TPSA) is 125 Å². The first-order valence-electron chi connectivity index (χ1n) is 8.85. The molecule has 0 fully saturated rings. The predicted octanol–water partition coefficient (Wildman–Crippen LogP) is 3.36. The molecule has 0 saturated heterocycles. The maximum atomic E-state index is 12.2. The van der Waals surface area contributed by atoms with Crippen molar-refractivity contribution >= 4 is 34.0 Å². The molecular weight excluding hydrogens is 374 g/mol. The van der Waals surface area contributed by atoms with E-state index in [9.17, 15) is 19.7 Å². The normalized spacial score (nSPS) is 11.6. The fourth-order valence-electron chi connectivity index (χ4n) is 3.03. The molecule has 1 atom stereocenters. The van der Waals surface area contributed by atoms with E-state index in [0.717, 1.165) is 22.4 Å². The Labute approximate surface area is 166 Å². The first-order valence-corrected chi connectivity index (χ1v) is 8.85. The minimum Gasteiger partial charge on any atom is -0.452 e. The van der Waals surface area contributed by atoms with Crippen molar-refractivity contribution in [3.8, 4) is 0 Å². The van der Waals surface area contributed by atoms with E-state index >= 15 is 0 Å². The summed E-state index contributed by atoms with van der Waals surface area (Å²) in [6.45, 7) is 1.33. The van der Waals surface area contributed by atoms with E-state index in [-0.39, 0.29) is 17.3 Å². The van der Waals surface area contributed by atoms with Crippen LogP contribution in [-0.2, 0) is 9.53 Å². The number of fused-ring (bicyclic) bond motifs is 1. The Morgan fingerprint density at radius 3 is 2.62 bits per heavy atom. The highest BCUT2D eigenvalue weighted by Crippen LogP contribution is 2.24. The van der Waals surface area contributed by atoms with Gasteiger partial charge < -0.3 is 15.8 Å². The van der Waals surface area contributed by atoms with Gasteiger partial charge in [-0.2, -0.15) is 0 Å². The minimum absolute atomic E-state index is 0.0548. The van der Waals surface area contributed by atoms with E-state index in [1.165, 1.54) is 12.1 Å². The largest absolute Gasteiger partial charge is 0.452 e. The summed E-state index contributed by atoms with van der Waals surface area (Å²) < 4.78 is 4.97. The Kier molecular flexibility index (Phi) is 5.73. The molecule has 3 aromatic carbocycles. The van der Waals surface area contributed by atoms with Crippen LogP contribution in [0.1, 0.15) is 28.9 Å². The highest BCUT2D eigenvalue weighted by molar-refractivity contribution is 5.93. The Morgan fingerprint density at radius 2 is 1.86 bits per heavy atom. The van der Waals surface area contributed by atoms with Crippen molar-refractivity contribution in [2.75, 3.05) is 12.3 Å². The summed E-state index contributed by atoms with van der Waals surface area (Å²) in [7, 11) is 0. The Balaban J connectivity index is 1.63. The van der Waals surface area contributed by atoms with Gasteiger partial charge in [-0.25, -0.2) is 4.79 Å². The van der Waals surface area contributed by atoms with Gasteiger partial charge in [0.2, 0.25) is 0 Å². The molecular formula is C21H19N3O5. The number of carbonyl (C=O) groups is 2. The molecule has 3 N–H and O–H groups in total. The fraction of sp³-hybridized carbons (Fsp3) is 0.143. The number of amides is 1. The van der Waals surface area contributed by atoms with Gasteiger partial charge >= 0.3 is 5.97 Å². The highest BCUT2D eigenvalue weighted by Gasteiger charge is 2.18. The molecule has 0 aliphatic heterocycles. The Bertz CT molecular complexity index is 1090. The van der Waals surface area contributed by atoms with Crippen LogP contribution in [0.5, 0.6) is 0 Å². The predicted molar refractivity (Wildman–Crippen MR) is 108 cm³/mol. The maximum Gasteiger partial charge on any atom is 0.338 e. The molecule has 8 nitrogen and oxygen atoms in total. The molecule has 0 radical (unpaired) electrons. The van der Waals surface area contributed by atoms with Gasteiger partial charge in [0, 0.05) is 6.07 Å². The van der Waals surface area contributed by atoms with E-state index < -0.39 is 29.1 Å². The summed E-state index contributed by atoms with van der Waals surface area (Å²) in [5.74, 6) is -1.33. The van der Waals surface area contributed by atoms with E-state index in [2.05, 4.69) is 5.32 Å². The SMILES string of the molecule is C[C@@H](NC(=O)COC(=O)c1ccc(N)c([N+](=O)[O-])c1)c1cccc2ccccc12. The van der Waals surface area contributed by atoms with E-state index in [0.29, 0.717) is 0 Å². The number of nitrogens with zero attached hydrogens (tertiary/aromatic N) is 1. The number of ether oxygens (including phenoxy) is 1. The number of anilines is 1. The van der Waals surface area contributed by atoms with Crippen LogP contribution < -0.4 is 11.1 Å². The quantitative estimate of drug-likeness (QED) is 0.286. The number of nitro groups is 1. The third kappa shape index (κ3) is 4.49. The molecule has 0 heterocycles. The van der Waals surface area contributed by atoms with Gasteiger partial charge in [0.05, 0.1) is 16.5 Å². The van der Waals surface area contributed by atoms with Crippen LogP contribution in [0.15, 0.2) is 60.7 Å². The molecule has 8 heteroatoms. The number of carbonyl (C=O) groups excluding carboxylic acids is 2. The molecule has 0 saturated carbocycles. The Morgan fingerprint density at radius 1 is 1.14 bits per heavy atom. The van der Waals surface area contributed by atoms with Crippen LogP contribution in [0.4, 0.5) is 11.4 Å². The molecule has 0 aromatic heterocycles. The fourth-order valence-corrected chi connectivity index (χ4v) is 3.03. The van der Waals surface area contributed by atoms with Gasteiger partial charge in [0.25, 0.3) is 11.6 Å². The first-order chi connectivity index (χ1) is 13.9. The number of nitrogens with two attached hydrogens (primary N) is 1. The van der Waals surface area contributed by atoms with Gasteiger partial charge in [-0.1, -0.05) is 42.5 Å². The van der Waals surface area contributed by atoms with Crippen molar-refractivity contribution in [3.63, 3.8) is 0 Å². The second-order valence-electron chi connectivity index (χ2n) is 6.46. The number of nitro benzene ring substituents is 1. The zero-order chi connectivity index (χ0) is 21.0. The van der Waals surface area contributed by atoms with Gasteiger partial charge in [-0.3, -0.25) is 14.9 Å². The summed E-state index contributed by atoms with van der Waals surface area (Å²) in [6.07, 6.45) is 0. The van der Waals surface area contributed by atoms with E-state index in [1.54, 1.807) is 0 Å². The average molecular weight is 393 g/mol. The summed E-state index contributed by atoms with van der Waals surface area (Å²) in [4.78, 5) is 34.5. The number of esters is 1. The number of rotatable bonds is 6. The molecule has 29 heavy (non-hydrogen) atoms. The van der Waals surface area contributed by atoms with Crippen molar-refractivity contribution in [1.29, 1.82) is 0 Å². The van der Waals surface area contributed by atoms with Crippen molar-refractivity contribution in [3.05, 3.63) is 81.9 Å². The summed E-state index contributed by atoms with van der Waals surface area (Å²) >= 11 is 0. The van der Waals surface area contributed by atoms with Crippen LogP contribution in [0.3, 0.4) is 0 Å². The molecule has 1 amide bonds. The zero-order valence-corrected chi connectivity index (χ0v) is 15.6. The van der Waals surface area contributed by atoms with Crippen LogP contribution in [0.25, 0.3) is 10.8 Å². The van der Waals surface area contributed by atoms with E-state index in [1.807, 2.05) is 49.4 Å². The van der Waals surface area contributed by atoms with Crippen LogP contribution in [-0.4, -0.2) is 23.4 Å². The molecule has 0 bridgehead atoms. The van der Waals surface area contributed by atoms with Crippen molar-refractivity contribution in [2.45, 2.75) is 13.0 Å². The lowest BCUT2D eigenvalue weighted by molar-refractivity contribution is -0.383. The van der Waals surface area contributed by atoms with Gasteiger partial charge in [-0.05, 0) is 35.4 Å². The summed E-state index contributed by atoms with van der Waals surface area (Å²) in [6, 6.07) is 16.9. The second kappa shape index (κ2) is 8.39. The molecule has 0 unspecified atom stereocenters. The standard InChI is InChI=1S/C21H19N3O5/c1-13(16-8-4-6-14-5-2-3-7-17(14)16)23-20(25)12-29-21(26)15-9-10-18(22)19(11-15)24(27)28/h2-11,13H,12,22H2,1H3,(H,23,25)/t13-/m1/s1. The molecule has 0 aliphatic carbocycles. The molecule has 0 aliphatic rings. The Hall–Kier alpha value is -3.94. The lowest BCUT2D eigenvalue weighted by Crippen LogP contribution is -2.31. The number of hydrogen-bond acceptors (Lipinski definition) is 6.